The predicted molar refractivity (Wildman–Crippen MR) is 144 cm³/mol. The standard InChI is InChI=1S/C26H26F4N8O4S/c27-25(28)37-13-15(10-33-37)20-12-32-23(9-21(20)41-17-1-3-18(4-2-17)42-26(29)30)35-22-7-8-31-24(36-22)16-11-34-38(14-16)43(39,40)19-5-6-19/h7-14,17-19,25-26H,1-6H2,(H,31,32,35,36). The Morgan fingerprint density at radius 3 is 2.33 bits per heavy atom. The number of rotatable bonds is 11. The molecule has 2 saturated carbocycles. The summed E-state index contributed by atoms with van der Waals surface area (Å²) in [6, 6.07) is 3.17. The van der Waals surface area contributed by atoms with Crippen molar-refractivity contribution in [2.45, 2.75) is 69.1 Å². The summed E-state index contributed by atoms with van der Waals surface area (Å²) in [4.78, 5) is 13.1. The lowest BCUT2D eigenvalue weighted by Crippen LogP contribution is -2.29. The van der Waals surface area contributed by atoms with Crippen molar-refractivity contribution in [3.05, 3.63) is 49.3 Å². The van der Waals surface area contributed by atoms with Gasteiger partial charge < -0.3 is 14.8 Å². The number of aromatic nitrogens is 7. The number of ether oxygens (including phenoxy) is 2. The molecule has 0 aliphatic heterocycles. The van der Waals surface area contributed by atoms with Crippen LogP contribution in [0.1, 0.15) is 45.1 Å². The van der Waals surface area contributed by atoms with Crippen molar-refractivity contribution in [3.8, 4) is 28.3 Å². The lowest BCUT2D eigenvalue weighted by atomic mass is 9.95. The van der Waals surface area contributed by atoms with Crippen LogP contribution in [0.15, 0.2) is 49.3 Å². The normalized spacial score (nSPS) is 19.2. The number of nitrogens with one attached hydrogen (secondary N) is 1. The van der Waals surface area contributed by atoms with Crippen LogP contribution in [0.3, 0.4) is 0 Å². The van der Waals surface area contributed by atoms with Crippen molar-refractivity contribution in [1.29, 1.82) is 0 Å². The molecule has 0 bridgehead atoms. The van der Waals surface area contributed by atoms with Gasteiger partial charge >= 0.3 is 13.2 Å². The smallest absolute Gasteiger partial charge is 0.345 e. The summed E-state index contributed by atoms with van der Waals surface area (Å²) < 4.78 is 88.9. The van der Waals surface area contributed by atoms with E-state index in [4.69, 9.17) is 4.74 Å². The number of pyridine rings is 1. The van der Waals surface area contributed by atoms with Crippen LogP contribution in [0.5, 0.6) is 5.75 Å². The Morgan fingerprint density at radius 2 is 1.63 bits per heavy atom. The Labute approximate surface area is 243 Å². The predicted octanol–water partition coefficient (Wildman–Crippen LogP) is 5.01. The van der Waals surface area contributed by atoms with E-state index in [1.165, 1.54) is 37.2 Å². The van der Waals surface area contributed by atoms with Crippen LogP contribution in [0.2, 0.25) is 0 Å². The van der Waals surface area contributed by atoms with Gasteiger partial charge in [0, 0.05) is 35.8 Å². The summed E-state index contributed by atoms with van der Waals surface area (Å²) in [5, 5.41) is 10.3. The average Bonchev–Trinajstić information content (AvgIpc) is 3.51. The first kappa shape index (κ1) is 29.0. The molecular weight excluding hydrogens is 596 g/mol. The third-order valence-electron chi connectivity index (χ3n) is 7.13. The molecule has 0 amide bonds. The minimum atomic E-state index is -3.55. The van der Waals surface area contributed by atoms with Crippen molar-refractivity contribution in [3.63, 3.8) is 0 Å². The molecule has 4 aromatic rings. The van der Waals surface area contributed by atoms with Crippen molar-refractivity contribution in [2.75, 3.05) is 5.32 Å². The number of nitrogens with zero attached hydrogens (tertiary/aromatic N) is 7. The summed E-state index contributed by atoms with van der Waals surface area (Å²) >= 11 is 0. The van der Waals surface area contributed by atoms with Gasteiger partial charge in [0.1, 0.15) is 17.4 Å². The van der Waals surface area contributed by atoms with E-state index in [-0.39, 0.29) is 11.9 Å². The Bertz CT molecular complexity index is 1690. The fraction of sp³-hybridized carbons (Fsp3) is 0.423. The van der Waals surface area contributed by atoms with Crippen LogP contribution in [-0.4, -0.2) is 66.4 Å². The molecule has 17 heteroatoms. The van der Waals surface area contributed by atoms with E-state index in [2.05, 4.69) is 35.2 Å². The number of hydrogen-bond donors (Lipinski definition) is 1. The second-order valence-corrected chi connectivity index (χ2v) is 12.3. The van der Waals surface area contributed by atoms with Crippen molar-refractivity contribution >= 4 is 21.7 Å². The largest absolute Gasteiger partial charge is 0.490 e. The highest BCUT2D eigenvalue weighted by molar-refractivity contribution is 7.90. The molecule has 0 unspecified atom stereocenters. The Kier molecular flexibility index (Phi) is 8.00. The molecule has 2 fully saturated rings. The number of alkyl halides is 4. The molecule has 0 atom stereocenters. The minimum absolute atomic E-state index is 0.234. The number of anilines is 2. The maximum atomic E-state index is 13.2. The molecule has 0 saturated heterocycles. The molecule has 2 aliphatic carbocycles. The van der Waals surface area contributed by atoms with Crippen LogP contribution in [-0.2, 0) is 14.8 Å². The third-order valence-corrected chi connectivity index (χ3v) is 9.16. The maximum Gasteiger partial charge on any atom is 0.345 e. The Hall–Kier alpha value is -4.12. The quantitative estimate of drug-likeness (QED) is 0.227. The molecule has 4 heterocycles. The van der Waals surface area contributed by atoms with Gasteiger partial charge in [-0.1, -0.05) is 0 Å². The van der Waals surface area contributed by atoms with Gasteiger partial charge in [-0.3, -0.25) is 0 Å². The number of hydrogen-bond acceptors (Lipinski definition) is 10. The highest BCUT2D eigenvalue weighted by Gasteiger charge is 2.37. The minimum Gasteiger partial charge on any atom is -0.490 e. The lowest BCUT2D eigenvalue weighted by Gasteiger charge is -2.29. The average molecular weight is 623 g/mol. The van der Waals surface area contributed by atoms with Gasteiger partial charge in [-0.25, -0.2) is 28.1 Å². The summed E-state index contributed by atoms with van der Waals surface area (Å²) in [7, 11) is -3.55. The van der Waals surface area contributed by atoms with E-state index in [0.717, 1.165) is 4.09 Å². The molecule has 4 aromatic heterocycles. The van der Waals surface area contributed by atoms with E-state index < -0.39 is 34.5 Å². The highest BCUT2D eigenvalue weighted by atomic mass is 32.2. The van der Waals surface area contributed by atoms with E-state index >= 15 is 0 Å². The summed E-state index contributed by atoms with van der Waals surface area (Å²) in [6.07, 6.45) is 10.1. The zero-order valence-electron chi connectivity index (χ0n) is 22.4. The maximum absolute atomic E-state index is 13.2. The van der Waals surface area contributed by atoms with Crippen LogP contribution >= 0.6 is 0 Å². The van der Waals surface area contributed by atoms with Gasteiger partial charge in [-0.15, -0.1) is 0 Å². The zero-order valence-corrected chi connectivity index (χ0v) is 23.2. The molecule has 6 rings (SSSR count). The first-order valence-corrected chi connectivity index (χ1v) is 15.0. The van der Waals surface area contributed by atoms with Gasteiger partial charge in [-0.05, 0) is 44.6 Å². The van der Waals surface area contributed by atoms with Gasteiger partial charge in [0.25, 0.3) is 10.0 Å². The Morgan fingerprint density at radius 1 is 0.884 bits per heavy atom. The molecule has 43 heavy (non-hydrogen) atoms. The topological polar surface area (TPSA) is 139 Å². The summed E-state index contributed by atoms with van der Waals surface area (Å²) in [5.74, 6) is 1.21. The zero-order chi connectivity index (χ0) is 30.1. The third kappa shape index (κ3) is 6.61. The van der Waals surface area contributed by atoms with Crippen LogP contribution in [0.4, 0.5) is 29.2 Å². The van der Waals surface area contributed by atoms with E-state index in [9.17, 15) is 26.0 Å². The van der Waals surface area contributed by atoms with Gasteiger partial charge in [0.05, 0.1) is 41.6 Å². The molecule has 0 aromatic carbocycles. The second-order valence-electron chi connectivity index (χ2n) is 10.2. The molecule has 2 aliphatic rings. The fourth-order valence-electron chi connectivity index (χ4n) is 4.79. The summed E-state index contributed by atoms with van der Waals surface area (Å²) in [6.45, 7) is -5.67. The van der Waals surface area contributed by atoms with Crippen LogP contribution in [0, 0.1) is 0 Å². The molecule has 12 nitrogen and oxygen atoms in total. The lowest BCUT2D eigenvalue weighted by molar-refractivity contribution is -0.172. The first-order chi connectivity index (χ1) is 20.7. The Balaban J connectivity index is 1.23. The van der Waals surface area contributed by atoms with Crippen molar-refractivity contribution in [2.24, 2.45) is 0 Å². The molecule has 228 valence electrons. The van der Waals surface area contributed by atoms with Gasteiger partial charge in [0.2, 0.25) is 0 Å². The second kappa shape index (κ2) is 11.9. The van der Waals surface area contributed by atoms with Crippen molar-refractivity contribution < 1.29 is 35.5 Å². The van der Waals surface area contributed by atoms with E-state index in [1.54, 1.807) is 12.1 Å². The molecular formula is C26H26F4N8O4S. The van der Waals surface area contributed by atoms with Gasteiger partial charge in [-0.2, -0.15) is 31.8 Å². The van der Waals surface area contributed by atoms with Crippen LogP contribution in [0.25, 0.3) is 22.5 Å². The van der Waals surface area contributed by atoms with Gasteiger partial charge in [0.15, 0.2) is 5.82 Å². The van der Waals surface area contributed by atoms with E-state index in [0.29, 0.717) is 77.3 Å². The van der Waals surface area contributed by atoms with Crippen LogP contribution < -0.4 is 10.1 Å². The highest BCUT2D eigenvalue weighted by Crippen LogP contribution is 2.36. The van der Waals surface area contributed by atoms with E-state index in [1.807, 2.05) is 0 Å². The monoisotopic (exact) mass is 622 g/mol. The van der Waals surface area contributed by atoms with Crippen molar-refractivity contribution in [1.82, 2.24) is 33.9 Å². The number of halogens is 4. The summed E-state index contributed by atoms with van der Waals surface area (Å²) in [5.41, 5.74) is 1.17. The molecule has 1 N–H and O–H groups in total. The fourth-order valence-corrected chi connectivity index (χ4v) is 6.27. The first-order valence-electron chi connectivity index (χ1n) is 13.5. The molecule has 0 spiro atoms. The molecule has 0 radical (unpaired) electrons. The SMILES string of the molecule is O=S(=O)(C1CC1)n1cc(-c2nccc(Nc3cc(OC4CCC(OC(F)F)CC4)c(-c4cnn(C(F)F)c4)cn3)n2)cn1.